The number of oxazole rings is 1. The van der Waals surface area contributed by atoms with Gasteiger partial charge in [-0.3, -0.25) is 4.79 Å². The van der Waals surface area contributed by atoms with Gasteiger partial charge in [-0.15, -0.1) is 5.10 Å². The lowest BCUT2D eigenvalue weighted by molar-refractivity contribution is 0.458. The molecule has 6 nitrogen and oxygen atoms in total. The molecule has 0 saturated carbocycles. The molecule has 0 amide bonds. The van der Waals surface area contributed by atoms with Gasteiger partial charge in [-0.25, -0.2) is 9.67 Å². The summed E-state index contributed by atoms with van der Waals surface area (Å²) in [4.78, 5) is 16.6. The molecular formula is C17H12N4O2. The molecule has 0 fully saturated rings. The van der Waals surface area contributed by atoms with E-state index in [2.05, 4.69) is 15.3 Å². The molecule has 6 heteroatoms. The van der Waals surface area contributed by atoms with Crippen LogP contribution in [0.5, 0.6) is 0 Å². The maximum absolute atomic E-state index is 12.4. The summed E-state index contributed by atoms with van der Waals surface area (Å²) in [5, 5.41) is 8.51. The first kappa shape index (κ1) is 13.4. The quantitative estimate of drug-likeness (QED) is 0.581. The fourth-order valence-electron chi connectivity index (χ4n) is 2.37. The fourth-order valence-corrected chi connectivity index (χ4v) is 2.37. The van der Waals surface area contributed by atoms with E-state index in [1.54, 1.807) is 24.4 Å². The van der Waals surface area contributed by atoms with Gasteiger partial charge in [0, 0.05) is 5.56 Å². The zero-order valence-corrected chi connectivity index (χ0v) is 12.1. The molecule has 4 aromatic rings. The van der Waals surface area contributed by atoms with Gasteiger partial charge in [0.15, 0.2) is 5.76 Å². The Bertz CT molecular complexity index is 1020. The normalized spacial score (nSPS) is 11.0. The van der Waals surface area contributed by atoms with E-state index in [1.807, 2.05) is 36.4 Å². The van der Waals surface area contributed by atoms with Crippen molar-refractivity contribution < 1.29 is 4.42 Å². The van der Waals surface area contributed by atoms with E-state index in [1.165, 1.54) is 4.68 Å². The third-order valence-corrected chi connectivity index (χ3v) is 3.53. The van der Waals surface area contributed by atoms with Gasteiger partial charge >= 0.3 is 0 Å². The molecule has 112 valence electrons. The summed E-state index contributed by atoms with van der Waals surface area (Å²) in [6.45, 7) is 0.142. The van der Waals surface area contributed by atoms with Gasteiger partial charge < -0.3 is 4.42 Å². The van der Waals surface area contributed by atoms with Crippen molar-refractivity contribution in [2.45, 2.75) is 6.54 Å². The van der Waals surface area contributed by atoms with Crippen molar-refractivity contribution in [2.24, 2.45) is 0 Å². The molecule has 0 aliphatic heterocycles. The largest absolute Gasteiger partial charge is 0.439 e. The first-order valence-corrected chi connectivity index (χ1v) is 7.14. The summed E-state index contributed by atoms with van der Waals surface area (Å²) in [5.74, 6) is 1.07. The number of rotatable bonds is 3. The second-order valence-electron chi connectivity index (χ2n) is 5.05. The van der Waals surface area contributed by atoms with Gasteiger partial charge in [0.1, 0.15) is 12.1 Å². The standard InChI is InChI=1S/C17H12N4O2/c22-17-13-8-4-5-9-14(13)19-20-21(17)11-16-18-10-15(23-16)12-6-2-1-3-7-12/h1-10H,11H2. The van der Waals surface area contributed by atoms with Crippen LogP contribution in [0.25, 0.3) is 22.2 Å². The van der Waals surface area contributed by atoms with Gasteiger partial charge in [-0.1, -0.05) is 47.7 Å². The average Bonchev–Trinajstić information content (AvgIpc) is 3.07. The fraction of sp³-hybridized carbons (Fsp3) is 0.0588. The molecule has 0 N–H and O–H groups in total. The molecule has 0 atom stereocenters. The molecule has 2 aromatic carbocycles. The van der Waals surface area contributed by atoms with Crippen LogP contribution < -0.4 is 5.56 Å². The highest BCUT2D eigenvalue weighted by atomic mass is 16.4. The molecule has 0 saturated heterocycles. The van der Waals surface area contributed by atoms with Crippen LogP contribution in [0.1, 0.15) is 5.89 Å². The SMILES string of the molecule is O=c1c2ccccc2nnn1Cc1ncc(-c2ccccc2)o1. The Morgan fingerprint density at radius 2 is 1.78 bits per heavy atom. The number of nitrogens with zero attached hydrogens (tertiary/aromatic N) is 4. The summed E-state index contributed by atoms with van der Waals surface area (Å²) in [6.07, 6.45) is 1.64. The van der Waals surface area contributed by atoms with Crippen LogP contribution in [0.3, 0.4) is 0 Å². The second kappa shape index (κ2) is 5.49. The van der Waals surface area contributed by atoms with Crippen molar-refractivity contribution in [2.75, 3.05) is 0 Å². The zero-order valence-electron chi connectivity index (χ0n) is 12.1. The maximum Gasteiger partial charge on any atom is 0.278 e. The monoisotopic (exact) mass is 304 g/mol. The van der Waals surface area contributed by atoms with Crippen LogP contribution in [0.15, 0.2) is 70.0 Å². The van der Waals surface area contributed by atoms with Crippen LogP contribution in [0.4, 0.5) is 0 Å². The minimum Gasteiger partial charge on any atom is -0.439 e. The molecule has 4 rings (SSSR count). The summed E-state index contributed by atoms with van der Waals surface area (Å²) < 4.78 is 6.95. The molecule has 0 unspecified atom stereocenters. The summed E-state index contributed by atoms with van der Waals surface area (Å²) in [7, 11) is 0. The predicted molar refractivity (Wildman–Crippen MR) is 84.8 cm³/mol. The van der Waals surface area contributed by atoms with Crippen molar-refractivity contribution in [1.29, 1.82) is 0 Å². The van der Waals surface area contributed by atoms with Gasteiger partial charge in [0.2, 0.25) is 5.89 Å². The molecular weight excluding hydrogens is 292 g/mol. The van der Waals surface area contributed by atoms with Crippen molar-refractivity contribution in [3.8, 4) is 11.3 Å². The maximum atomic E-state index is 12.4. The molecule has 0 aliphatic carbocycles. The first-order valence-electron chi connectivity index (χ1n) is 7.14. The molecule has 0 aliphatic rings. The first-order chi connectivity index (χ1) is 11.3. The minimum atomic E-state index is -0.213. The number of hydrogen-bond acceptors (Lipinski definition) is 5. The van der Waals surface area contributed by atoms with Crippen molar-refractivity contribution >= 4 is 10.9 Å². The minimum absolute atomic E-state index is 0.142. The second-order valence-corrected chi connectivity index (χ2v) is 5.05. The molecule has 0 radical (unpaired) electrons. The third kappa shape index (κ3) is 2.50. The van der Waals surface area contributed by atoms with E-state index in [-0.39, 0.29) is 12.1 Å². The van der Waals surface area contributed by atoms with Gasteiger partial charge in [0.25, 0.3) is 5.56 Å². The lowest BCUT2D eigenvalue weighted by atomic mass is 10.2. The lowest BCUT2D eigenvalue weighted by Gasteiger charge is -2.02. The topological polar surface area (TPSA) is 73.8 Å². The molecule has 23 heavy (non-hydrogen) atoms. The van der Waals surface area contributed by atoms with Gasteiger partial charge in [0.05, 0.1) is 11.6 Å². The predicted octanol–water partition coefficient (Wildman–Crippen LogP) is 2.49. The molecule has 0 bridgehead atoms. The number of aromatic nitrogens is 4. The summed E-state index contributed by atoms with van der Waals surface area (Å²) in [6, 6.07) is 16.8. The summed E-state index contributed by atoms with van der Waals surface area (Å²) in [5.41, 5.74) is 1.30. The van der Waals surface area contributed by atoms with Crippen molar-refractivity contribution in [3.63, 3.8) is 0 Å². The lowest BCUT2D eigenvalue weighted by Crippen LogP contribution is -2.24. The van der Waals surface area contributed by atoms with E-state index in [0.717, 1.165) is 5.56 Å². The highest BCUT2D eigenvalue weighted by Gasteiger charge is 2.10. The van der Waals surface area contributed by atoms with Crippen molar-refractivity contribution in [3.05, 3.63) is 77.0 Å². The number of hydrogen-bond donors (Lipinski definition) is 0. The molecule has 2 heterocycles. The van der Waals surface area contributed by atoms with E-state index < -0.39 is 0 Å². The number of fused-ring (bicyclic) bond motifs is 1. The summed E-state index contributed by atoms with van der Waals surface area (Å²) >= 11 is 0. The van der Waals surface area contributed by atoms with Crippen LogP contribution >= 0.6 is 0 Å². The van der Waals surface area contributed by atoms with Crippen LogP contribution in [-0.2, 0) is 6.54 Å². The number of benzene rings is 2. The van der Waals surface area contributed by atoms with Crippen LogP contribution in [0.2, 0.25) is 0 Å². The zero-order chi connectivity index (χ0) is 15.6. The van der Waals surface area contributed by atoms with E-state index in [4.69, 9.17) is 4.42 Å². The van der Waals surface area contributed by atoms with Crippen LogP contribution in [-0.4, -0.2) is 20.0 Å². The Labute approximate surface area is 131 Å². The Morgan fingerprint density at radius 3 is 2.65 bits per heavy atom. The van der Waals surface area contributed by atoms with E-state index >= 15 is 0 Å². The Morgan fingerprint density at radius 1 is 1.00 bits per heavy atom. The Hall–Kier alpha value is -3.28. The van der Waals surface area contributed by atoms with Crippen LogP contribution in [0, 0.1) is 0 Å². The van der Waals surface area contributed by atoms with Gasteiger partial charge in [-0.05, 0) is 12.1 Å². The third-order valence-electron chi connectivity index (χ3n) is 3.53. The van der Waals surface area contributed by atoms with Gasteiger partial charge in [-0.2, -0.15) is 0 Å². The molecule has 2 aromatic heterocycles. The highest BCUT2D eigenvalue weighted by Crippen LogP contribution is 2.19. The average molecular weight is 304 g/mol. The Balaban J connectivity index is 1.68. The van der Waals surface area contributed by atoms with E-state index in [0.29, 0.717) is 22.6 Å². The van der Waals surface area contributed by atoms with Crippen molar-refractivity contribution in [1.82, 2.24) is 20.0 Å². The molecule has 0 spiro atoms. The highest BCUT2D eigenvalue weighted by molar-refractivity contribution is 5.76. The smallest absolute Gasteiger partial charge is 0.278 e. The van der Waals surface area contributed by atoms with E-state index in [9.17, 15) is 4.79 Å². The Kier molecular flexibility index (Phi) is 3.20.